The zero-order chi connectivity index (χ0) is 13.8. The molecule has 0 radical (unpaired) electrons. The Kier molecular flexibility index (Phi) is 3.71. The average molecular weight is 259 g/mol. The monoisotopic (exact) mass is 259 g/mol. The zero-order valence-electron chi connectivity index (χ0n) is 10.2. The molecular formula is C14H11F2N3. The standard InChI is InChI=1S/C14H11F2N3/c1-9-2-3-10(7-17)14(19-9)18-8-11-4-5-12(15)6-13(11)16/h2-6H,8H2,1H3,(H,18,19). The highest BCUT2D eigenvalue weighted by molar-refractivity contribution is 5.52. The molecular weight excluding hydrogens is 248 g/mol. The van der Waals surface area contributed by atoms with Crippen LogP contribution in [0.15, 0.2) is 30.3 Å². The second-order valence-electron chi connectivity index (χ2n) is 4.05. The number of nitriles is 1. The van der Waals surface area contributed by atoms with E-state index in [1.807, 2.05) is 6.07 Å². The molecule has 0 aliphatic rings. The van der Waals surface area contributed by atoms with Crippen molar-refractivity contribution in [2.24, 2.45) is 0 Å². The zero-order valence-corrected chi connectivity index (χ0v) is 10.2. The third kappa shape index (κ3) is 3.05. The summed E-state index contributed by atoms with van der Waals surface area (Å²) in [5.74, 6) is -0.850. The molecule has 0 saturated carbocycles. The summed E-state index contributed by atoms with van der Waals surface area (Å²) in [6.07, 6.45) is 0. The number of anilines is 1. The van der Waals surface area contributed by atoms with Gasteiger partial charge in [-0.2, -0.15) is 5.26 Å². The molecule has 0 aliphatic heterocycles. The molecule has 1 N–H and O–H groups in total. The van der Waals surface area contributed by atoms with Crippen molar-refractivity contribution in [2.45, 2.75) is 13.5 Å². The summed E-state index contributed by atoms with van der Waals surface area (Å²) in [6, 6.07) is 8.75. The van der Waals surface area contributed by atoms with Crippen LogP contribution in [0.1, 0.15) is 16.8 Å². The van der Waals surface area contributed by atoms with Crippen molar-refractivity contribution in [1.82, 2.24) is 4.98 Å². The SMILES string of the molecule is Cc1ccc(C#N)c(NCc2ccc(F)cc2F)n1. The number of pyridine rings is 1. The van der Waals surface area contributed by atoms with Crippen molar-refractivity contribution < 1.29 is 8.78 Å². The lowest BCUT2D eigenvalue weighted by Gasteiger charge is -2.09. The average Bonchev–Trinajstić information content (AvgIpc) is 2.38. The molecule has 1 aromatic heterocycles. The van der Waals surface area contributed by atoms with E-state index < -0.39 is 11.6 Å². The summed E-state index contributed by atoms with van der Waals surface area (Å²) in [6.45, 7) is 1.93. The van der Waals surface area contributed by atoms with Crippen molar-refractivity contribution in [3.63, 3.8) is 0 Å². The van der Waals surface area contributed by atoms with Gasteiger partial charge in [-0.05, 0) is 25.1 Å². The van der Waals surface area contributed by atoms with E-state index in [0.717, 1.165) is 11.8 Å². The molecule has 96 valence electrons. The van der Waals surface area contributed by atoms with Crippen LogP contribution in [0.5, 0.6) is 0 Å². The van der Waals surface area contributed by atoms with Crippen LogP contribution >= 0.6 is 0 Å². The maximum absolute atomic E-state index is 13.4. The van der Waals surface area contributed by atoms with Gasteiger partial charge in [0.05, 0.1) is 5.56 Å². The first-order valence-corrected chi connectivity index (χ1v) is 5.65. The van der Waals surface area contributed by atoms with Crippen molar-refractivity contribution >= 4 is 5.82 Å². The first kappa shape index (κ1) is 13.0. The van der Waals surface area contributed by atoms with Crippen molar-refractivity contribution in [3.8, 4) is 6.07 Å². The fourth-order valence-corrected chi connectivity index (χ4v) is 1.63. The smallest absolute Gasteiger partial charge is 0.144 e. The summed E-state index contributed by atoms with van der Waals surface area (Å²) >= 11 is 0. The molecule has 2 rings (SSSR count). The third-order valence-electron chi connectivity index (χ3n) is 2.62. The fraction of sp³-hybridized carbons (Fsp3) is 0.143. The molecule has 1 aromatic carbocycles. The van der Waals surface area contributed by atoms with Crippen molar-refractivity contribution in [1.29, 1.82) is 5.26 Å². The van der Waals surface area contributed by atoms with E-state index >= 15 is 0 Å². The molecule has 3 nitrogen and oxygen atoms in total. The molecule has 0 spiro atoms. The number of nitrogens with one attached hydrogen (secondary N) is 1. The lowest BCUT2D eigenvalue weighted by Crippen LogP contribution is -2.06. The van der Waals surface area contributed by atoms with Gasteiger partial charge in [-0.25, -0.2) is 13.8 Å². The number of nitrogens with zero attached hydrogens (tertiary/aromatic N) is 2. The van der Waals surface area contributed by atoms with E-state index in [0.29, 0.717) is 16.9 Å². The first-order valence-electron chi connectivity index (χ1n) is 5.65. The summed E-state index contributed by atoms with van der Waals surface area (Å²) in [5, 5.41) is 11.8. The number of hydrogen-bond acceptors (Lipinski definition) is 3. The van der Waals surface area contributed by atoms with Crippen LogP contribution in [0.2, 0.25) is 0 Å². The van der Waals surface area contributed by atoms with Crippen molar-refractivity contribution in [3.05, 3.63) is 58.8 Å². The van der Waals surface area contributed by atoms with Gasteiger partial charge in [-0.15, -0.1) is 0 Å². The lowest BCUT2D eigenvalue weighted by molar-refractivity contribution is 0.574. The Labute approximate surface area is 109 Å². The van der Waals surface area contributed by atoms with Gasteiger partial charge >= 0.3 is 0 Å². The highest BCUT2D eigenvalue weighted by Crippen LogP contribution is 2.15. The molecule has 0 bridgehead atoms. The van der Waals surface area contributed by atoms with Gasteiger partial charge < -0.3 is 5.32 Å². The summed E-state index contributed by atoms with van der Waals surface area (Å²) in [7, 11) is 0. The minimum Gasteiger partial charge on any atom is -0.365 e. The Hall–Kier alpha value is -2.48. The van der Waals surface area contributed by atoms with Gasteiger partial charge in [0, 0.05) is 23.9 Å². The largest absolute Gasteiger partial charge is 0.365 e. The molecule has 0 atom stereocenters. The van der Waals surface area contributed by atoms with E-state index in [1.54, 1.807) is 19.1 Å². The van der Waals surface area contributed by atoms with Crippen LogP contribution in [0.3, 0.4) is 0 Å². The van der Waals surface area contributed by atoms with Crippen LogP contribution < -0.4 is 5.32 Å². The number of benzene rings is 1. The van der Waals surface area contributed by atoms with Crippen LogP contribution in [0.25, 0.3) is 0 Å². The summed E-state index contributed by atoms with van der Waals surface area (Å²) in [4.78, 5) is 4.18. The highest BCUT2D eigenvalue weighted by atomic mass is 19.1. The predicted molar refractivity (Wildman–Crippen MR) is 67.4 cm³/mol. The lowest BCUT2D eigenvalue weighted by atomic mass is 10.2. The van der Waals surface area contributed by atoms with Crippen LogP contribution in [-0.4, -0.2) is 4.98 Å². The van der Waals surface area contributed by atoms with E-state index in [-0.39, 0.29) is 6.54 Å². The maximum atomic E-state index is 13.4. The van der Waals surface area contributed by atoms with Crippen molar-refractivity contribution in [2.75, 3.05) is 5.32 Å². The third-order valence-corrected chi connectivity index (χ3v) is 2.62. The molecule has 0 amide bonds. The van der Waals surface area contributed by atoms with Crippen LogP contribution in [0, 0.1) is 29.9 Å². The molecule has 0 aliphatic carbocycles. The first-order chi connectivity index (χ1) is 9.10. The molecule has 0 fully saturated rings. The minimum atomic E-state index is -0.626. The molecule has 1 heterocycles. The molecule has 5 heteroatoms. The summed E-state index contributed by atoms with van der Waals surface area (Å²) < 4.78 is 26.2. The van der Waals surface area contributed by atoms with E-state index in [2.05, 4.69) is 10.3 Å². The summed E-state index contributed by atoms with van der Waals surface area (Å²) in [5.41, 5.74) is 1.45. The minimum absolute atomic E-state index is 0.136. The van der Waals surface area contributed by atoms with E-state index in [9.17, 15) is 8.78 Å². The Morgan fingerprint density at radius 3 is 2.74 bits per heavy atom. The Morgan fingerprint density at radius 1 is 1.26 bits per heavy atom. The van der Waals surface area contributed by atoms with Crippen LogP contribution in [-0.2, 0) is 6.54 Å². The number of halogens is 2. The van der Waals surface area contributed by atoms with E-state index in [1.165, 1.54) is 12.1 Å². The molecule has 2 aromatic rings. The van der Waals surface area contributed by atoms with Crippen LogP contribution in [0.4, 0.5) is 14.6 Å². The van der Waals surface area contributed by atoms with Gasteiger partial charge in [0.1, 0.15) is 23.5 Å². The number of rotatable bonds is 3. The molecule has 0 unspecified atom stereocenters. The van der Waals surface area contributed by atoms with E-state index in [4.69, 9.17) is 5.26 Å². The van der Waals surface area contributed by atoms with Gasteiger partial charge in [0.2, 0.25) is 0 Å². The Bertz CT molecular complexity index is 648. The number of aryl methyl sites for hydroxylation is 1. The Morgan fingerprint density at radius 2 is 2.05 bits per heavy atom. The van der Waals surface area contributed by atoms with Gasteiger partial charge in [0.15, 0.2) is 0 Å². The van der Waals surface area contributed by atoms with Gasteiger partial charge in [0.25, 0.3) is 0 Å². The molecule has 0 saturated heterocycles. The second kappa shape index (κ2) is 5.44. The maximum Gasteiger partial charge on any atom is 0.144 e. The second-order valence-corrected chi connectivity index (χ2v) is 4.05. The molecule has 19 heavy (non-hydrogen) atoms. The Balaban J connectivity index is 2.19. The highest BCUT2D eigenvalue weighted by Gasteiger charge is 2.07. The predicted octanol–water partition coefficient (Wildman–Crippen LogP) is 3.15. The topological polar surface area (TPSA) is 48.7 Å². The fourth-order valence-electron chi connectivity index (χ4n) is 1.63. The number of hydrogen-bond donors (Lipinski definition) is 1. The normalized spacial score (nSPS) is 10.0. The quantitative estimate of drug-likeness (QED) is 0.921. The number of aromatic nitrogens is 1. The van der Waals surface area contributed by atoms with Gasteiger partial charge in [-0.1, -0.05) is 6.07 Å². The van der Waals surface area contributed by atoms with Gasteiger partial charge in [-0.3, -0.25) is 0 Å².